The summed E-state index contributed by atoms with van der Waals surface area (Å²) in [6, 6.07) is 7.22. The topological polar surface area (TPSA) is 38.3 Å². The number of para-hydroxylation sites is 1. The quantitative estimate of drug-likeness (QED) is 0.677. The van der Waals surface area contributed by atoms with Crippen LogP contribution in [0.2, 0.25) is 0 Å². The molecule has 0 spiro atoms. The number of hydrogen-bond acceptors (Lipinski definition) is 2. The molecule has 0 aliphatic rings. The van der Waals surface area contributed by atoms with Gasteiger partial charge in [0.05, 0.1) is 0 Å². The van der Waals surface area contributed by atoms with Gasteiger partial charge in [-0.1, -0.05) is 18.2 Å². The van der Waals surface area contributed by atoms with Crippen LogP contribution in [0.5, 0.6) is 0 Å². The van der Waals surface area contributed by atoms with Crippen molar-refractivity contribution < 1.29 is 31.5 Å². The van der Waals surface area contributed by atoms with Crippen molar-refractivity contribution in [1.29, 1.82) is 0 Å². The number of nitrogens with one attached hydrogen (secondary N) is 1. The van der Waals surface area contributed by atoms with Crippen LogP contribution >= 0.6 is 11.6 Å². The number of benzene rings is 1. The van der Waals surface area contributed by atoms with E-state index in [1.54, 1.807) is 6.07 Å². The van der Waals surface area contributed by atoms with E-state index in [1.165, 1.54) is 24.3 Å². The molecule has 1 rings (SSSR count). The van der Waals surface area contributed by atoms with Crippen LogP contribution < -0.4 is 5.32 Å². The summed E-state index contributed by atoms with van der Waals surface area (Å²) in [4.78, 5) is 11.1. The summed E-state index contributed by atoms with van der Waals surface area (Å²) in [5.74, 6) is 0. The summed E-state index contributed by atoms with van der Waals surface area (Å²) >= 11 is 4.27. The van der Waals surface area contributed by atoms with Crippen molar-refractivity contribution in [3.05, 3.63) is 30.3 Å². The largest absolute Gasteiger partial charge is 0.433 e. The van der Waals surface area contributed by atoms with E-state index in [0.29, 0.717) is 0 Å². The van der Waals surface area contributed by atoms with Gasteiger partial charge < -0.3 is 4.74 Å². The molecule has 0 saturated heterocycles. The summed E-state index contributed by atoms with van der Waals surface area (Å²) in [7, 11) is 0. The lowest BCUT2D eigenvalue weighted by Gasteiger charge is -2.23. The highest BCUT2D eigenvalue weighted by molar-refractivity contribution is 6.22. The van der Waals surface area contributed by atoms with E-state index in [2.05, 4.69) is 16.3 Å². The highest BCUT2D eigenvalue weighted by atomic mass is 35.5. The van der Waals surface area contributed by atoms with Crippen LogP contribution in [0.25, 0.3) is 0 Å². The van der Waals surface area contributed by atoms with E-state index < -0.39 is 23.8 Å². The average molecular weight is 304 g/mol. The molecular formula is C10H7ClF5NO2. The standard InChI is InChI=1S/C10H7ClF5NO2/c11-9(12,13)7(10(14,15)16)19-8(18)17-6-4-2-1-3-5-6/h1-5,7H,(H,17,18). The first-order valence-electron chi connectivity index (χ1n) is 4.77. The molecule has 0 fully saturated rings. The van der Waals surface area contributed by atoms with Gasteiger partial charge in [0.2, 0.25) is 0 Å². The van der Waals surface area contributed by atoms with Crippen LogP contribution in [-0.4, -0.2) is 23.8 Å². The molecule has 0 heterocycles. The van der Waals surface area contributed by atoms with Crippen LogP contribution in [0.4, 0.5) is 32.4 Å². The molecule has 3 nitrogen and oxygen atoms in total. The third kappa shape index (κ3) is 4.90. The van der Waals surface area contributed by atoms with Crippen LogP contribution in [0.3, 0.4) is 0 Å². The fourth-order valence-electron chi connectivity index (χ4n) is 1.10. The number of alkyl halides is 6. The molecule has 1 N–H and O–H groups in total. The fourth-order valence-corrected chi connectivity index (χ4v) is 1.26. The van der Waals surface area contributed by atoms with Gasteiger partial charge in [0.1, 0.15) is 0 Å². The highest BCUT2D eigenvalue weighted by Crippen LogP contribution is 2.37. The molecule has 19 heavy (non-hydrogen) atoms. The number of amides is 1. The van der Waals surface area contributed by atoms with Crippen molar-refractivity contribution in [3.63, 3.8) is 0 Å². The molecule has 9 heteroatoms. The summed E-state index contributed by atoms with van der Waals surface area (Å²) in [5, 5.41) is -2.89. The molecule has 0 aromatic heterocycles. The van der Waals surface area contributed by atoms with Crippen molar-refractivity contribution in [3.8, 4) is 0 Å². The number of anilines is 1. The van der Waals surface area contributed by atoms with Crippen molar-refractivity contribution >= 4 is 23.4 Å². The molecule has 1 amide bonds. The summed E-state index contributed by atoms with van der Waals surface area (Å²) in [6.45, 7) is 0. The van der Waals surface area contributed by atoms with Crippen molar-refractivity contribution in [2.24, 2.45) is 0 Å². The molecule has 0 saturated carbocycles. The second kappa shape index (κ2) is 5.60. The zero-order valence-electron chi connectivity index (χ0n) is 9.05. The molecule has 0 bridgehead atoms. The summed E-state index contributed by atoms with van der Waals surface area (Å²) < 4.78 is 65.4. The lowest BCUT2D eigenvalue weighted by Crippen LogP contribution is -2.45. The number of ether oxygens (including phenoxy) is 1. The van der Waals surface area contributed by atoms with E-state index in [0.717, 1.165) is 0 Å². The number of carbonyl (C=O) groups excluding carboxylic acids is 1. The third-order valence-electron chi connectivity index (χ3n) is 1.84. The van der Waals surface area contributed by atoms with Gasteiger partial charge in [0.25, 0.3) is 6.10 Å². The maximum absolute atomic E-state index is 12.5. The lowest BCUT2D eigenvalue weighted by atomic mass is 10.3. The Morgan fingerprint density at radius 1 is 1.16 bits per heavy atom. The van der Waals surface area contributed by atoms with E-state index >= 15 is 0 Å². The first-order valence-corrected chi connectivity index (χ1v) is 5.14. The Morgan fingerprint density at radius 3 is 2.11 bits per heavy atom. The minimum absolute atomic E-state index is 0.0892. The molecule has 1 aromatic carbocycles. The molecular weight excluding hydrogens is 297 g/mol. The Balaban J connectivity index is 2.73. The number of rotatable bonds is 3. The summed E-state index contributed by atoms with van der Waals surface area (Å²) in [6.07, 6.45) is -10.9. The van der Waals surface area contributed by atoms with Gasteiger partial charge in [0, 0.05) is 5.69 Å². The average Bonchev–Trinajstić information content (AvgIpc) is 2.24. The predicted molar refractivity (Wildman–Crippen MR) is 57.2 cm³/mol. The van der Waals surface area contributed by atoms with E-state index in [9.17, 15) is 26.7 Å². The number of carbonyl (C=O) groups is 1. The maximum atomic E-state index is 12.5. The predicted octanol–water partition coefficient (Wildman–Crippen LogP) is 4.00. The van der Waals surface area contributed by atoms with Crippen molar-refractivity contribution in [2.45, 2.75) is 17.7 Å². The Labute approximate surface area is 109 Å². The number of hydrogen-bond donors (Lipinski definition) is 1. The maximum Gasteiger partial charge on any atom is 0.433 e. The number of halogens is 6. The van der Waals surface area contributed by atoms with E-state index in [1.807, 2.05) is 5.32 Å². The Kier molecular flexibility index (Phi) is 4.56. The van der Waals surface area contributed by atoms with Gasteiger partial charge in [-0.2, -0.15) is 22.0 Å². The third-order valence-corrected chi connectivity index (χ3v) is 2.04. The van der Waals surface area contributed by atoms with E-state index in [4.69, 9.17) is 0 Å². The molecule has 106 valence electrons. The van der Waals surface area contributed by atoms with Gasteiger partial charge in [-0.25, -0.2) is 4.79 Å². The van der Waals surface area contributed by atoms with Crippen LogP contribution in [0, 0.1) is 0 Å². The lowest BCUT2D eigenvalue weighted by molar-refractivity contribution is -0.245. The van der Waals surface area contributed by atoms with Gasteiger partial charge in [-0.15, -0.1) is 0 Å². The normalized spacial score (nSPS) is 13.8. The zero-order chi connectivity index (χ0) is 14.7. The van der Waals surface area contributed by atoms with Gasteiger partial charge in [0.15, 0.2) is 0 Å². The molecule has 1 aromatic rings. The van der Waals surface area contributed by atoms with E-state index in [-0.39, 0.29) is 5.69 Å². The SMILES string of the molecule is O=C(Nc1ccccc1)OC(C(F)(F)F)C(F)(F)Cl. The second-order valence-electron chi connectivity index (χ2n) is 3.36. The highest BCUT2D eigenvalue weighted by Gasteiger charge is 2.58. The monoisotopic (exact) mass is 303 g/mol. The van der Waals surface area contributed by atoms with Crippen molar-refractivity contribution in [1.82, 2.24) is 0 Å². The summed E-state index contributed by atoms with van der Waals surface area (Å²) in [5.41, 5.74) is 0.0892. The Bertz CT molecular complexity index is 418. The molecule has 1 atom stereocenters. The fraction of sp³-hybridized carbons (Fsp3) is 0.300. The smallest absolute Gasteiger partial charge is 0.428 e. The molecule has 0 aliphatic heterocycles. The first kappa shape index (κ1) is 15.5. The van der Waals surface area contributed by atoms with Crippen molar-refractivity contribution in [2.75, 3.05) is 5.32 Å². The minimum atomic E-state index is -5.49. The molecule has 0 aliphatic carbocycles. The first-order chi connectivity index (χ1) is 8.60. The molecule has 0 radical (unpaired) electrons. The second-order valence-corrected chi connectivity index (χ2v) is 3.86. The Hall–Kier alpha value is -1.57. The van der Waals surface area contributed by atoms with Gasteiger partial charge in [-0.05, 0) is 23.7 Å². The van der Waals surface area contributed by atoms with Crippen LogP contribution in [-0.2, 0) is 4.74 Å². The Morgan fingerprint density at radius 2 is 1.68 bits per heavy atom. The minimum Gasteiger partial charge on any atom is -0.428 e. The van der Waals surface area contributed by atoms with Gasteiger partial charge in [-0.3, -0.25) is 5.32 Å². The van der Waals surface area contributed by atoms with Gasteiger partial charge >= 0.3 is 17.7 Å². The zero-order valence-corrected chi connectivity index (χ0v) is 9.80. The van der Waals surface area contributed by atoms with Crippen LogP contribution in [0.15, 0.2) is 30.3 Å². The van der Waals surface area contributed by atoms with Crippen LogP contribution in [0.1, 0.15) is 0 Å². The molecule has 1 unspecified atom stereocenters.